The lowest BCUT2D eigenvalue weighted by atomic mass is 9.92. The van der Waals surface area contributed by atoms with Crippen LogP contribution in [0.15, 0.2) is 34.3 Å². The van der Waals surface area contributed by atoms with Gasteiger partial charge in [0, 0.05) is 22.9 Å². The van der Waals surface area contributed by atoms with Crippen LogP contribution in [-0.4, -0.2) is 13.1 Å². The van der Waals surface area contributed by atoms with Crippen molar-refractivity contribution in [3.8, 4) is 0 Å². The van der Waals surface area contributed by atoms with Crippen LogP contribution in [-0.2, 0) is 16.0 Å². The van der Waals surface area contributed by atoms with Crippen LogP contribution in [0.1, 0.15) is 47.5 Å². The summed E-state index contributed by atoms with van der Waals surface area (Å²) in [5.74, 6) is 0.880. The summed E-state index contributed by atoms with van der Waals surface area (Å²) in [6.45, 7) is 0. The lowest BCUT2D eigenvalue weighted by Gasteiger charge is -2.27. The zero-order chi connectivity index (χ0) is 14.7. The highest BCUT2D eigenvalue weighted by molar-refractivity contribution is 7.10. The fraction of sp³-hybridized carbons (Fsp3) is 0.438. The third-order valence-corrected chi connectivity index (χ3v) is 4.93. The first kappa shape index (κ1) is 14.4. The molecular weight excluding hydrogens is 286 g/mol. The molecule has 0 spiro atoms. The van der Waals surface area contributed by atoms with Crippen molar-refractivity contribution >= 4 is 17.3 Å². The number of thiophene rings is 1. The number of fused-ring (bicyclic) bond motifs is 1. The molecule has 5 heteroatoms. The van der Waals surface area contributed by atoms with E-state index in [1.54, 1.807) is 17.6 Å². The first-order chi connectivity index (χ1) is 10.3. The van der Waals surface area contributed by atoms with Crippen molar-refractivity contribution in [2.24, 2.45) is 0 Å². The third kappa shape index (κ3) is 3.19. The van der Waals surface area contributed by atoms with Gasteiger partial charge in [0.1, 0.15) is 5.76 Å². The molecule has 1 aliphatic carbocycles. The van der Waals surface area contributed by atoms with Gasteiger partial charge in [-0.15, -0.1) is 11.3 Å². The van der Waals surface area contributed by atoms with Crippen LogP contribution in [0.2, 0.25) is 0 Å². The number of aryl methyl sites for hydroxylation is 1. The third-order valence-electron chi connectivity index (χ3n) is 3.94. The Hall–Kier alpha value is -1.59. The average molecular weight is 305 g/mol. The lowest BCUT2D eigenvalue weighted by Crippen LogP contribution is -2.30. The molecule has 1 aliphatic rings. The summed E-state index contributed by atoms with van der Waals surface area (Å²) >= 11 is 1.66. The molecule has 4 nitrogen and oxygen atoms in total. The van der Waals surface area contributed by atoms with Crippen molar-refractivity contribution < 1.29 is 13.9 Å². The van der Waals surface area contributed by atoms with Crippen molar-refractivity contribution in [1.82, 2.24) is 5.32 Å². The maximum Gasteiger partial charge on any atom is 0.307 e. The van der Waals surface area contributed by atoms with E-state index in [0.29, 0.717) is 6.42 Å². The van der Waals surface area contributed by atoms with E-state index in [2.05, 4.69) is 11.4 Å². The number of furan rings is 1. The van der Waals surface area contributed by atoms with Gasteiger partial charge in [0.15, 0.2) is 0 Å². The van der Waals surface area contributed by atoms with Gasteiger partial charge in [-0.2, -0.15) is 0 Å². The Morgan fingerprint density at radius 2 is 2.48 bits per heavy atom. The van der Waals surface area contributed by atoms with E-state index in [-0.39, 0.29) is 18.1 Å². The van der Waals surface area contributed by atoms with Crippen LogP contribution in [0.25, 0.3) is 0 Å². The summed E-state index contributed by atoms with van der Waals surface area (Å²) in [5, 5.41) is 5.65. The Kier molecular flexibility index (Phi) is 4.41. The number of esters is 1. The van der Waals surface area contributed by atoms with Gasteiger partial charge >= 0.3 is 5.97 Å². The second-order valence-corrected chi connectivity index (χ2v) is 6.24. The van der Waals surface area contributed by atoms with Crippen molar-refractivity contribution in [1.29, 1.82) is 0 Å². The van der Waals surface area contributed by atoms with Crippen molar-refractivity contribution in [2.45, 2.75) is 37.8 Å². The standard InChI is InChI=1S/C16H19NO3S/c1-19-16(18)10-13(15-6-3-9-21-15)17-12-4-2-5-14-11(12)7-8-20-14/h3,6-9,12-13,17H,2,4-5,10H2,1H3. The first-order valence-electron chi connectivity index (χ1n) is 7.20. The lowest BCUT2D eigenvalue weighted by molar-refractivity contribution is -0.141. The fourth-order valence-electron chi connectivity index (χ4n) is 2.88. The van der Waals surface area contributed by atoms with Gasteiger partial charge in [-0.05, 0) is 30.4 Å². The number of ether oxygens (including phenoxy) is 1. The largest absolute Gasteiger partial charge is 0.469 e. The Bertz CT molecular complexity index is 590. The predicted molar refractivity (Wildman–Crippen MR) is 81.2 cm³/mol. The summed E-state index contributed by atoms with van der Waals surface area (Å²) in [5.41, 5.74) is 1.23. The molecule has 2 unspecified atom stereocenters. The number of hydrogen-bond donors (Lipinski definition) is 1. The molecule has 112 valence electrons. The quantitative estimate of drug-likeness (QED) is 0.857. The summed E-state index contributed by atoms with van der Waals surface area (Å²) in [4.78, 5) is 12.8. The minimum atomic E-state index is -0.191. The molecule has 0 amide bonds. The topological polar surface area (TPSA) is 51.5 Å². The maximum absolute atomic E-state index is 11.7. The monoisotopic (exact) mass is 305 g/mol. The minimum Gasteiger partial charge on any atom is -0.469 e. The van der Waals surface area contributed by atoms with E-state index in [9.17, 15) is 4.79 Å². The molecule has 1 N–H and O–H groups in total. The molecule has 21 heavy (non-hydrogen) atoms. The van der Waals surface area contributed by atoms with Crippen LogP contribution >= 0.6 is 11.3 Å². The van der Waals surface area contributed by atoms with E-state index in [1.807, 2.05) is 17.5 Å². The number of carbonyl (C=O) groups excluding carboxylic acids is 1. The van der Waals surface area contributed by atoms with Gasteiger partial charge in [-0.25, -0.2) is 0 Å². The normalized spacial score (nSPS) is 19.0. The number of nitrogens with one attached hydrogen (secondary N) is 1. The molecule has 2 aromatic rings. The van der Waals surface area contributed by atoms with Gasteiger partial charge in [0.25, 0.3) is 0 Å². The van der Waals surface area contributed by atoms with Crippen molar-refractivity contribution in [3.63, 3.8) is 0 Å². The number of carbonyl (C=O) groups is 1. The van der Waals surface area contributed by atoms with E-state index in [1.165, 1.54) is 12.7 Å². The SMILES string of the molecule is COC(=O)CC(NC1CCCc2occc21)c1cccs1. The molecule has 0 bridgehead atoms. The molecule has 3 rings (SSSR count). The summed E-state index contributed by atoms with van der Waals surface area (Å²) in [7, 11) is 1.43. The molecule has 0 saturated carbocycles. The Labute approximate surface area is 128 Å². The number of hydrogen-bond acceptors (Lipinski definition) is 5. The zero-order valence-electron chi connectivity index (χ0n) is 12.0. The molecule has 2 atom stereocenters. The molecular formula is C16H19NO3S. The predicted octanol–water partition coefficient (Wildman–Crippen LogP) is 3.61. The zero-order valence-corrected chi connectivity index (χ0v) is 12.8. The van der Waals surface area contributed by atoms with Crippen LogP contribution in [0, 0.1) is 0 Å². The smallest absolute Gasteiger partial charge is 0.307 e. The van der Waals surface area contributed by atoms with E-state index in [4.69, 9.17) is 9.15 Å². The van der Waals surface area contributed by atoms with Crippen molar-refractivity contribution in [2.75, 3.05) is 7.11 Å². The fourth-order valence-corrected chi connectivity index (χ4v) is 3.67. The molecule has 2 aromatic heterocycles. The van der Waals surface area contributed by atoms with Crippen LogP contribution in [0.3, 0.4) is 0 Å². The van der Waals surface area contributed by atoms with Crippen LogP contribution in [0.4, 0.5) is 0 Å². The summed E-state index contributed by atoms with van der Waals surface area (Å²) in [6.07, 6.45) is 5.27. The van der Waals surface area contributed by atoms with Crippen molar-refractivity contribution in [3.05, 3.63) is 46.0 Å². The van der Waals surface area contributed by atoms with Crippen LogP contribution < -0.4 is 5.32 Å². The van der Waals surface area contributed by atoms with Gasteiger partial charge in [0.2, 0.25) is 0 Å². The maximum atomic E-state index is 11.7. The summed E-state index contributed by atoms with van der Waals surface area (Å²) < 4.78 is 10.4. The molecule has 2 heterocycles. The minimum absolute atomic E-state index is 0.0108. The Morgan fingerprint density at radius 1 is 1.57 bits per heavy atom. The molecule has 0 fully saturated rings. The van der Waals surface area contributed by atoms with Gasteiger partial charge in [-0.3, -0.25) is 4.79 Å². The van der Waals surface area contributed by atoms with Gasteiger partial charge in [0.05, 0.1) is 25.8 Å². The van der Waals surface area contributed by atoms with Crippen LogP contribution in [0.5, 0.6) is 0 Å². The number of rotatable bonds is 5. The first-order valence-corrected chi connectivity index (χ1v) is 8.08. The second-order valence-electron chi connectivity index (χ2n) is 5.26. The second kappa shape index (κ2) is 6.45. The highest BCUT2D eigenvalue weighted by atomic mass is 32.1. The Morgan fingerprint density at radius 3 is 3.24 bits per heavy atom. The molecule has 0 radical (unpaired) electrons. The van der Waals surface area contributed by atoms with E-state index < -0.39 is 0 Å². The highest BCUT2D eigenvalue weighted by Crippen LogP contribution is 2.34. The average Bonchev–Trinajstić information content (AvgIpc) is 3.17. The molecule has 0 aromatic carbocycles. The van der Waals surface area contributed by atoms with Gasteiger partial charge in [-0.1, -0.05) is 6.07 Å². The van der Waals surface area contributed by atoms with E-state index >= 15 is 0 Å². The number of methoxy groups -OCH3 is 1. The Balaban J connectivity index is 1.78. The van der Waals surface area contributed by atoms with E-state index in [0.717, 1.165) is 29.9 Å². The molecule has 0 aliphatic heterocycles. The summed E-state index contributed by atoms with van der Waals surface area (Å²) in [6, 6.07) is 6.34. The van der Waals surface area contributed by atoms with Gasteiger partial charge < -0.3 is 14.5 Å². The highest BCUT2D eigenvalue weighted by Gasteiger charge is 2.27. The molecule has 0 saturated heterocycles.